The molecule has 2 aromatic carbocycles. The van der Waals surface area contributed by atoms with Crippen LogP contribution in [0, 0.1) is 6.92 Å². The Labute approximate surface area is 205 Å². The van der Waals surface area contributed by atoms with Crippen LogP contribution in [-0.2, 0) is 6.42 Å². The molecule has 0 amide bonds. The molecule has 4 N–H and O–H groups in total. The molecule has 7 nitrogen and oxygen atoms in total. The van der Waals surface area contributed by atoms with Crippen LogP contribution in [0.1, 0.15) is 24.5 Å². The van der Waals surface area contributed by atoms with Crippen LogP contribution < -0.4 is 21.1 Å². The number of nitrogens with zero attached hydrogens (tertiary/aromatic N) is 2. The molecule has 180 valence electrons. The Morgan fingerprint density at radius 3 is 2.71 bits per heavy atom. The monoisotopic (exact) mass is 468 g/mol. The molecular weight excluding hydrogens is 436 g/mol. The van der Waals surface area contributed by atoms with E-state index in [2.05, 4.69) is 75.7 Å². The van der Waals surface area contributed by atoms with Crippen molar-refractivity contribution in [1.82, 2.24) is 20.3 Å². The first-order valence-corrected chi connectivity index (χ1v) is 12.3. The summed E-state index contributed by atoms with van der Waals surface area (Å²) >= 11 is 0. The maximum Gasteiger partial charge on any atom is 0.261 e. The highest BCUT2D eigenvalue weighted by Gasteiger charge is 2.17. The number of hydrogen-bond acceptors (Lipinski definition) is 5. The molecule has 1 aliphatic rings. The van der Waals surface area contributed by atoms with Gasteiger partial charge in [0.05, 0.1) is 16.7 Å². The van der Waals surface area contributed by atoms with E-state index in [0.29, 0.717) is 11.4 Å². The normalized spacial score (nSPS) is 14.5. The molecule has 0 aliphatic carbocycles. The van der Waals surface area contributed by atoms with Gasteiger partial charge < -0.3 is 25.5 Å². The second-order valence-electron chi connectivity index (χ2n) is 9.04. The van der Waals surface area contributed by atoms with E-state index in [-0.39, 0.29) is 5.56 Å². The van der Waals surface area contributed by atoms with Gasteiger partial charge >= 0.3 is 0 Å². The van der Waals surface area contributed by atoms with Crippen LogP contribution in [0.25, 0.3) is 22.4 Å². The van der Waals surface area contributed by atoms with Gasteiger partial charge in [0.15, 0.2) is 0 Å². The first kappa shape index (κ1) is 22.9. The van der Waals surface area contributed by atoms with Gasteiger partial charge in [0.2, 0.25) is 0 Å². The Morgan fingerprint density at radius 1 is 1.14 bits per heavy atom. The average Bonchev–Trinajstić information content (AvgIpc) is 3.32. The molecular formula is C28H32N6O. The van der Waals surface area contributed by atoms with Crippen LogP contribution in [-0.4, -0.2) is 41.1 Å². The lowest BCUT2D eigenvalue weighted by Gasteiger charge is -2.29. The van der Waals surface area contributed by atoms with Gasteiger partial charge in [-0.3, -0.25) is 4.79 Å². The number of imidazole rings is 1. The summed E-state index contributed by atoms with van der Waals surface area (Å²) in [5.41, 5.74) is 7.69. The third-order valence-corrected chi connectivity index (χ3v) is 6.60. The van der Waals surface area contributed by atoms with Crippen molar-refractivity contribution < 1.29 is 0 Å². The largest absolute Gasteiger partial charge is 0.369 e. The minimum Gasteiger partial charge on any atom is -0.369 e. The van der Waals surface area contributed by atoms with Crippen LogP contribution in [0.4, 0.5) is 11.4 Å². The lowest BCUT2D eigenvalue weighted by molar-refractivity contribution is 0.589. The number of benzene rings is 2. The van der Waals surface area contributed by atoms with Crippen molar-refractivity contribution in [3.63, 3.8) is 0 Å². The van der Waals surface area contributed by atoms with Crippen LogP contribution >= 0.6 is 0 Å². The van der Waals surface area contributed by atoms with Crippen molar-refractivity contribution in [2.75, 3.05) is 36.4 Å². The summed E-state index contributed by atoms with van der Waals surface area (Å²) in [5.74, 6) is 0.569. The zero-order chi connectivity index (χ0) is 24.2. The molecule has 0 spiro atoms. The summed E-state index contributed by atoms with van der Waals surface area (Å²) in [6, 6.07) is 16.6. The molecule has 7 heteroatoms. The molecule has 4 aromatic rings. The van der Waals surface area contributed by atoms with Crippen molar-refractivity contribution in [2.45, 2.75) is 26.7 Å². The molecule has 5 rings (SSSR count). The highest BCUT2D eigenvalue weighted by atomic mass is 16.1. The quantitative estimate of drug-likeness (QED) is 0.319. The third kappa shape index (κ3) is 5.00. The van der Waals surface area contributed by atoms with Crippen molar-refractivity contribution in [3.05, 3.63) is 88.0 Å². The van der Waals surface area contributed by atoms with Gasteiger partial charge in [-0.1, -0.05) is 42.8 Å². The molecule has 0 bridgehead atoms. The van der Waals surface area contributed by atoms with Crippen molar-refractivity contribution >= 4 is 22.4 Å². The Bertz CT molecular complexity index is 1400. The molecule has 35 heavy (non-hydrogen) atoms. The highest BCUT2D eigenvalue weighted by Crippen LogP contribution is 2.29. The summed E-state index contributed by atoms with van der Waals surface area (Å²) in [4.78, 5) is 26.4. The smallest absolute Gasteiger partial charge is 0.261 e. The molecule has 2 aromatic heterocycles. The summed E-state index contributed by atoms with van der Waals surface area (Å²) in [7, 11) is 0. The highest BCUT2D eigenvalue weighted by molar-refractivity contribution is 5.87. The van der Waals surface area contributed by atoms with Gasteiger partial charge in [0.1, 0.15) is 11.4 Å². The summed E-state index contributed by atoms with van der Waals surface area (Å²) in [6.45, 7) is 8.15. The molecule has 1 saturated heterocycles. The lowest BCUT2D eigenvalue weighted by atomic mass is 10.0. The first-order valence-electron chi connectivity index (χ1n) is 12.3. The fourth-order valence-electron chi connectivity index (χ4n) is 4.65. The van der Waals surface area contributed by atoms with E-state index in [4.69, 9.17) is 4.98 Å². The number of fused-ring (bicyclic) bond motifs is 1. The summed E-state index contributed by atoms with van der Waals surface area (Å²) < 4.78 is 0. The number of nitrogens with one attached hydrogen (secondary N) is 4. The molecule has 1 fully saturated rings. The van der Waals surface area contributed by atoms with Gasteiger partial charge in [-0.05, 0) is 49.1 Å². The maximum atomic E-state index is 12.9. The number of piperazine rings is 1. The van der Waals surface area contributed by atoms with Crippen molar-refractivity contribution in [2.24, 2.45) is 0 Å². The lowest BCUT2D eigenvalue weighted by Crippen LogP contribution is -2.43. The molecule has 0 radical (unpaired) electrons. The standard InChI is InChI=1S/C28H32N6O/c1-3-20(16-21-7-5-4-6-8-21)18-31-23-9-10-30-28(35)25(23)27-32-24-17-22(15-19(2)26(24)33-27)34-13-11-29-12-14-34/h4-10,15,17-18,29H,3,11-14,16H2,1-2H3,(H,32,33)(H2,30,31,35). The zero-order valence-electron chi connectivity index (χ0n) is 20.3. The number of aromatic amines is 2. The predicted octanol–water partition coefficient (Wildman–Crippen LogP) is 4.58. The molecule has 3 heterocycles. The number of anilines is 2. The second-order valence-corrected chi connectivity index (χ2v) is 9.04. The molecule has 1 aliphatic heterocycles. The summed E-state index contributed by atoms with van der Waals surface area (Å²) in [5, 5.41) is 6.79. The van der Waals surface area contributed by atoms with E-state index in [1.54, 1.807) is 6.20 Å². The van der Waals surface area contributed by atoms with Gasteiger partial charge in [-0.15, -0.1) is 0 Å². The van der Waals surface area contributed by atoms with E-state index in [0.717, 1.165) is 61.3 Å². The van der Waals surface area contributed by atoms with E-state index < -0.39 is 0 Å². The SMILES string of the molecule is CCC(=CNc1cc[nH]c(=O)c1-c1nc2c(C)cc(N3CCNCC3)cc2[nH]1)Cc1ccccc1. The predicted molar refractivity (Wildman–Crippen MR) is 144 cm³/mol. The molecule has 0 unspecified atom stereocenters. The number of H-pyrrole nitrogens is 2. The number of aromatic nitrogens is 3. The van der Waals surface area contributed by atoms with Crippen molar-refractivity contribution in [3.8, 4) is 11.4 Å². The summed E-state index contributed by atoms with van der Waals surface area (Å²) in [6.07, 6.45) is 5.46. The minimum absolute atomic E-state index is 0.177. The van der Waals surface area contributed by atoms with Crippen LogP contribution in [0.15, 0.2) is 71.3 Å². The Kier molecular flexibility index (Phi) is 6.68. The van der Waals surface area contributed by atoms with Crippen LogP contribution in [0.3, 0.4) is 0 Å². The minimum atomic E-state index is -0.177. The number of allylic oxidation sites excluding steroid dienone is 1. The van der Waals surface area contributed by atoms with Crippen LogP contribution in [0.5, 0.6) is 0 Å². The Balaban J connectivity index is 1.47. The average molecular weight is 469 g/mol. The second kappa shape index (κ2) is 10.2. The zero-order valence-corrected chi connectivity index (χ0v) is 20.3. The van der Waals surface area contributed by atoms with E-state index in [9.17, 15) is 4.79 Å². The molecule has 0 saturated carbocycles. The van der Waals surface area contributed by atoms with E-state index >= 15 is 0 Å². The fraction of sp³-hybridized carbons (Fsp3) is 0.286. The Hall–Kier alpha value is -3.84. The first-order chi connectivity index (χ1) is 17.1. The van der Waals surface area contributed by atoms with Gasteiger partial charge in [-0.2, -0.15) is 0 Å². The third-order valence-electron chi connectivity index (χ3n) is 6.60. The van der Waals surface area contributed by atoms with E-state index in [1.807, 2.05) is 18.3 Å². The molecule has 0 atom stereocenters. The number of pyridine rings is 1. The van der Waals surface area contributed by atoms with Gasteiger partial charge in [0, 0.05) is 44.3 Å². The van der Waals surface area contributed by atoms with E-state index in [1.165, 1.54) is 16.8 Å². The van der Waals surface area contributed by atoms with Crippen LogP contribution in [0.2, 0.25) is 0 Å². The van der Waals surface area contributed by atoms with Crippen molar-refractivity contribution in [1.29, 1.82) is 0 Å². The Morgan fingerprint density at radius 2 is 1.94 bits per heavy atom. The maximum absolute atomic E-state index is 12.9. The topological polar surface area (TPSA) is 88.8 Å². The van der Waals surface area contributed by atoms with Gasteiger partial charge in [-0.25, -0.2) is 4.98 Å². The number of aryl methyl sites for hydroxylation is 1. The van der Waals surface area contributed by atoms with Gasteiger partial charge in [0.25, 0.3) is 5.56 Å². The number of rotatable bonds is 7. The number of hydrogen-bond donors (Lipinski definition) is 4. The fourth-order valence-corrected chi connectivity index (χ4v) is 4.65.